The molecule has 0 aliphatic rings. The van der Waals surface area contributed by atoms with E-state index in [-0.39, 0.29) is 21.0 Å². The number of thiophene rings is 1. The predicted molar refractivity (Wildman–Crippen MR) is 65.4 cm³/mol. The number of anilines is 1. The van der Waals surface area contributed by atoms with E-state index < -0.39 is 23.4 Å². The highest BCUT2D eigenvalue weighted by Gasteiger charge is 2.20. The lowest BCUT2D eigenvalue weighted by Crippen LogP contribution is -2.00. The van der Waals surface area contributed by atoms with Crippen LogP contribution in [0.1, 0.15) is 9.67 Å². The van der Waals surface area contributed by atoms with Crippen molar-refractivity contribution in [3.63, 3.8) is 0 Å². The molecule has 2 aromatic rings. The minimum atomic E-state index is -1.57. The number of nitrogen functional groups attached to an aromatic ring is 1. The SMILES string of the molecule is COC(=O)c1sc(-c2ccc(F)c(F)c2F)cc1N. The van der Waals surface area contributed by atoms with Crippen molar-refractivity contribution in [3.05, 3.63) is 40.5 Å². The highest BCUT2D eigenvalue weighted by molar-refractivity contribution is 7.18. The van der Waals surface area contributed by atoms with Crippen molar-refractivity contribution in [2.45, 2.75) is 0 Å². The monoisotopic (exact) mass is 287 g/mol. The number of rotatable bonds is 2. The van der Waals surface area contributed by atoms with Crippen LogP contribution in [0.2, 0.25) is 0 Å². The fourth-order valence-electron chi connectivity index (χ4n) is 1.51. The van der Waals surface area contributed by atoms with Gasteiger partial charge in [0.15, 0.2) is 17.5 Å². The average Bonchev–Trinajstić information content (AvgIpc) is 2.77. The van der Waals surface area contributed by atoms with Crippen LogP contribution in [0.3, 0.4) is 0 Å². The summed E-state index contributed by atoms with van der Waals surface area (Å²) in [4.78, 5) is 11.7. The van der Waals surface area contributed by atoms with Gasteiger partial charge in [-0.3, -0.25) is 0 Å². The number of benzene rings is 1. The number of methoxy groups -OCH3 is 1. The van der Waals surface area contributed by atoms with Gasteiger partial charge in [-0.05, 0) is 18.2 Å². The molecule has 0 spiro atoms. The standard InChI is InChI=1S/C12H8F3NO2S/c1-18-12(17)11-7(16)4-8(19-11)5-2-3-6(13)10(15)9(5)14/h2-4H,16H2,1H3. The van der Waals surface area contributed by atoms with Crippen LogP contribution in [0.4, 0.5) is 18.9 Å². The van der Waals surface area contributed by atoms with Crippen LogP contribution in [0, 0.1) is 17.5 Å². The molecular weight excluding hydrogens is 279 g/mol. The van der Waals surface area contributed by atoms with E-state index in [0.717, 1.165) is 23.5 Å². The molecule has 0 aliphatic carbocycles. The summed E-state index contributed by atoms with van der Waals surface area (Å²) >= 11 is 0.845. The summed E-state index contributed by atoms with van der Waals surface area (Å²) in [7, 11) is 1.18. The summed E-state index contributed by atoms with van der Waals surface area (Å²) in [6.07, 6.45) is 0. The number of hydrogen-bond acceptors (Lipinski definition) is 4. The van der Waals surface area contributed by atoms with Crippen molar-refractivity contribution in [1.29, 1.82) is 0 Å². The van der Waals surface area contributed by atoms with Crippen LogP contribution in [-0.2, 0) is 4.74 Å². The molecule has 19 heavy (non-hydrogen) atoms. The minimum Gasteiger partial charge on any atom is -0.465 e. The lowest BCUT2D eigenvalue weighted by Gasteiger charge is -2.01. The second-order valence-corrected chi connectivity index (χ2v) is 4.66. The highest BCUT2D eigenvalue weighted by Crippen LogP contribution is 2.35. The fraction of sp³-hybridized carbons (Fsp3) is 0.0833. The molecule has 0 unspecified atom stereocenters. The van der Waals surface area contributed by atoms with Gasteiger partial charge in [0, 0.05) is 10.4 Å². The molecule has 1 aromatic carbocycles. The summed E-state index contributed by atoms with van der Waals surface area (Å²) in [5.41, 5.74) is 5.52. The van der Waals surface area contributed by atoms with Crippen molar-refractivity contribution in [2.24, 2.45) is 0 Å². The molecule has 0 bridgehead atoms. The average molecular weight is 287 g/mol. The molecule has 1 aromatic heterocycles. The number of hydrogen-bond donors (Lipinski definition) is 1. The first-order chi connectivity index (χ1) is 8.95. The van der Waals surface area contributed by atoms with Crippen LogP contribution in [-0.4, -0.2) is 13.1 Å². The van der Waals surface area contributed by atoms with Gasteiger partial charge in [0.05, 0.1) is 12.8 Å². The Kier molecular flexibility index (Phi) is 3.48. The van der Waals surface area contributed by atoms with E-state index in [2.05, 4.69) is 4.74 Å². The number of nitrogens with two attached hydrogens (primary N) is 1. The van der Waals surface area contributed by atoms with E-state index in [1.807, 2.05) is 0 Å². The van der Waals surface area contributed by atoms with Gasteiger partial charge < -0.3 is 10.5 Å². The Balaban J connectivity index is 2.55. The lowest BCUT2D eigenvalue weighted by atomic mass is 10.1. The van der Waals surface area contributed by atoms with Crippen molar-refractivity contribution < 1.29 is 22.7 Å². The summed E-state index contributed by atoms with van der Waals surface area (Å²) in [6.45, 7) is 0. The smallest absolute Gasteiger partial charge is 0.350 e. The third-order valence-electron chi connectivity index (χ3n) is 2.43. The second kappa shape index (κ2) is 4.93. The van der Waals surface area contributed by atoms with E-state index in [1.165, 1.54) is 13.2 Å². The molecule has 0 fully saturated rings. The molecule has 0 aliphatic heterocycles. The zero-order valence-electron chi connectivity index (χ0n) is 9.67. The zero-order valence-corrected chi connectivity index (χ0v) is 10.5. The third kappa shape index (κ3) is 2.28. The summed E-state index contributed by atoms with van der Waals surface area (Å²) in [5, 5.41) is 0. The molecule has 0 radical (unpaired) electrons. The Morgan fingerprint density at radius 1 is 1.26 bits per heavy atom. The van der Waals surface area contributed by atoms with Gasteiger partial charge in [0.1, 0.15) is 4.88 Å². The summed E-state index contributed by atoms with van der Waals surface area (Å²) < 4.78 is 44.1. The zero-order chi connectivity index (χ0) is 14.2. The Bertz CT molecular complexity index is 655. The van der Waals surface area contributed by atoms with Crippen LogP contribution in [0.5, 0.6) is 0 Å². The van der Waals surface area contributed by atoms with E-state index in [1.54, 1.807) is 0 Å². The van der Waals surface area contributed by atoms with Crippen LogP contribution in [0.15, 0.2) is 18.2 Å². The Morgan fingerprint density at radius 3 is 2.58 bits per heavy atom. The molecule has 7 heteroatoms. The maximum atomic E-state index is 13.6. The van der Waals surface area contributed by atoms with Gasteiger partial charge in [-0.15, -0.1) is 11.3 Å². The largest absolute Gasteiger partial charge is 0.465 e. The molecule has 0 saturated heterocycles. The Hall–Kier alpha value is -2.02. The maximum absolute atomic E-state index is 13.6. The van der Waals surface area contributed by atoms with E-state index in [9.17, 15) is 18.0 Å². The summed E-state index contributed by atoms with van der Waals surface area (Å²) in [5.74, 6) is -4.84. The normalized spacial score (nSPS) is 10.5. The Labute approximate surface area is 110 Å². The van der Waals surface area contributed by atoms with E-state index in [0.29, 0.717) is 0 Å². The fourth-order valence-corrected chi connectivity index (χ4v) is 2.52. The molecule has 0 amide bonds. The molecular formula is C12H8F3NO2S. The molecule has 2 rings (SSSR count). The van der Waals surface area contributed by atoms with Crippen molar-refractivity contribution in [3.8, 4) is 10.4 Å². The number of carbonyl (C=O) groups is 1. The summed E-state index contributed by atoms with van der Waals surface area (Å²) in [6, 6.07) is 3.20. The van der Waals surface area contributed by atoms with Crippen molar-refractivity contribution in [1.82, 2.24) is 0 Å². The van der Waals surface area contributed by atoms with Gasteiger partial charge in [0.2, 0.25) is 0 Å². The van der Waals surface area contributed by atoms with Crippen molar-refractivity contribution >= 4 is 23.0 Å². The molecule has 1 heterocycles. The van der Waals surface area contributed by atoms with E-state index >= 15 is 0 Å². The number of carbonyl (C=O) groups excluding carboxylic acids is 1. The molecule has 0 saturated carbocycles. The first-order valence-electron chi connectivity index (χ1n) is 5.07. The molecule has 0 atom stereocenters. The van der Waals surface area contributed by atoms with Gasteiger partial charge in [0.25, 0.3) is 0 Å². The first kappa shape index (κ1) is 13.4. The topological polar surface area (TPSA) is 52.3 Å². The minimum absolute atomic E-state index is 0.0848. The number of halogens is 3. The van der Waals surface area contributed by atoms with Gasteiger partial charge in [-0.1, -0.05) is 0 Å². The maximum Gasteiger partial charge on any atom is 0.350 e. The van der Waals surface area contributed by atoms with Crippen LogP contribution >= 0.6 is 11.3 Å². The van der Waals surface area contributed by atoms with Gasteiger partial charge >= 0.3 is 5.97 Å². The number of ether oxygens (including phenoxy) is 1. The van der Waals surface area contributed by atoms with Crippen LogP contribution in [0.25, 0.3) is 10.4 Å². The predicted octanol–water partition coefficient (Wildman–Crippen LogP) is 3.20. The van der Waals surface area contributed by atoms with Gasteiger partial charge in [-0.2, -0.15) is 0 Å². The lowest BCUT2D eigenvalue weighted by molar-refractivity contribution is 0.0607. The highest BCUT2D eigenvalue weighted by atomic mass is 32.1. The first-order valence-corrected chi connectivity index (χ1v) is 5.88. The quantitative estimate of drug-likeness (QED) is 0.681. The van der Waals surface area contributed by atoms with Crippen LogP contribution < -0.4 is 5.73 Å². The van der Waals surface area contributed by atoms with Gasteiger partial charge in [-0.25, -0.2) is 18.0 Å². The molecule has 3 nitrogen and oxygen atoms in total. The second-order valence-electron chi connectivity index (χ2n) is 3.61. The van der Waals surface area contributed by atoms with Crippen molar-refractivity contribution in [2.75, 3.05) is 12.8 Å². The Morgan fingerprint density at radius 2 is 1.95 bits per heavy atom. The molecule has 2 N–H and O–H groups in total. The third-order valence-corrected chi connectivity index (χ3v) is 3.60. The van der Waals surface area contributed by atoms with E-state index in [4.69, 9.17) is 5.73 Å². The number of esters is 1. The molecule has 100 valence electrons.